The Morgan fingerprint density at radius 3 is 2.31 bits per heavy atom. The fourth-order valence-electron chi connectivity index (χ4n) is 3.97. The average molecular weight is 428 g/mol. The van der Waals surface area contributed by atoms with Crippen LogP contribution in [0.2, 0.25) is 0 Å². The van der Waals surface area contributed by atoms with Gasteiger partial charge in [0.05, 0.1) is 32.0 Å². The molecular formula is C25H21FN4O2. The number of hydrogen-bond acceptors (Lipinski definition) is 5. The Balaban J connectivity index is 1.68. The number of nitrogens with zero attached hydrogens (tertiary/aromatic N) is 4. The topological polar surface area (TPSA) is 62.1 Å². The summed E-state index contributed by atoms with van der Waals surface area (Å²) in [6, 6.07) is 18.3. The molecule has 0 saturated heterocycles. The molecule has 160 valence electrons. The van der Waals surface area contributed by atoms with E-state index in [9.17, 15) is 4.39 Å². The summed E-state index contributed by atoms with van der Waals surface area (Å²) in [7, 11) is 3.24. The molecule has 3 aromatic carbocycles. The molecule has 0 N–H and O–H groups in total. The highest BCUT2D eigenvalue weighted by atomic mass is 19.1. The maximum atomic E-state index is 13.4. The quantitative estimate of drug-likeness (QED) is 0.374. The first-order valence-corrected chi connectivity index (χ1v) is 10.2. The van der Waals surface area contributed by atoms with Gasteiger partial charge in [-0.25, -0.2) is 9.07 Å². The zero-order valence-electron chi connectivity index (χ0n) is 17.9. The Labute approximate surface area is 184 Å². The highest BCUT2D eigenvalue weighted by Gasteiger charge is 2.17. The fourth-order valence-corrected chi connectivity index (χ4v) is 3.97. The minimum atomic E-state index is -0.265. The lowest BCUT2D eigenvalue weighted by Gasteiger charge is -2.14. The molecule has 6 nitrogen and oxygen atoms in total. The van der Waals surface area contributed by atoms with Gasteiger partial charge in [0.1, 0.15) is 16.9 Å². The van der Waals surface area contributed by atoms with Gasteiger partial charge in [-0.15, -0.1) is 5.10 Å². The van der Waals surface area contributed by atoms with Crippen molar-refractivity contribution in [3.63, 3.8) is 0 Å². The van der Waals surface area contributed by atoms with E-state index >= 15 is 0 Å². The molecule has 0 bridgehead atoms. The predicted octanol–water partition coefficient (Wildman–Crippen LogP) is 5.41. The minimum Gasteiger partial charge on any atom is -0.493 e. The molecule has 7 heteroatoms. The van der Waals surface area contributed by atoms with Crippen LogP contribution in [-0.4, -0.2) is 34.2 Å². The van der Waals surface area contributed by atoms with E-state index in [4.69, 9.17) is 9.47 Å². The molecule has 0 saturated carbocycles. The van der Waals surface area contributed by atoms with E-state index in [-0.39, 0.29) is 11.9 Å². The highest BCUT2D eigenvalue weighted by molar-refractivity contribution is 6.03. The molecule has 2 heterocycles. The molecule has 0 spiro atoms. The largest absolute Gasteiger partial charge is 0.493 e. The van der Waals surface area contributed by atoms with Gasteiger partial charge in [0.15, 0.2) is 11.5 Å². The van der Waals surface area contributed by atoms with E-state index in [1.165, 1.54) is 12.1 Å². The molecule has 0 amide bonds. The second-order valence-electron chi connectivity index (χ2n) is 7.56. The maximum Gasteiger partial charge on any atom is 0.161 e. The van der Waals surface area contributed by atoms with Crippen molar-refractivity contribution in [3.05, 3.63) is 78.2 Å². The Bertz CT molecular complexity index is 1430. The van der Waals surface area contributed by atoms with Crippen molar-refractivity contribution in [2.24, 2.45) is 0 Å². The lowest BCUT2D eigenvalue weighted by atomic mass is 10.0. The van der Waals surface area contributed by atoms with Gasteiger partial charge in [-0.3, -0.25) is 4.98 Å². The third-order valence-corrected chi connectivity index (χ3v) is 5.73. The van der Waals surface area contributed by atoms with Crippen LogP contribution in [0.5, 0.6) is 11.5 Å². The first-order chi connectivity index (χ1) is 15.6. The summed E-state index contributed by atoms with van der Waals surface area (Å²) in [5.41, 5.74) is 5.38. The van der Waals surface area contributed by atoms with Crippen molar-refractivity contribution >= 4 is 21.9 Å². The third-order valence-electron chi connectivity index (χ3n) is 5.73. The Kier molecular flexibility index (Phi) is 4.93. The molecular weight excluding hydrogens is 407 g/mol. The number of halogens is 1. The van der Waals surface area contributed by atoms with Crippen LogP contribution in [0.25, 0.3) is 33.1 Å². The van der Waals surface area contributed by atoms with E-state index in [1.54, 1.807) is 32.5 Å². The number of methoxy groups -OCH3 is 2. The summed E-state index contributed by atoms with van der Waals surface area (Å²) >= 11 is 0. The van der Waals surface area contributed by atoms with Gasteiger partial charge in [0.2, 0.25) is 0 Å². The van der Waals surface area contributed by atoms with Crippen LogP contribution in [0.4, 0.5) is 4.39 Å². The standard InChI is InChI=1S/C25H21FN4O2/c1-15(16-4-8-19(26)9-5-16)30-25-20-12-17(6-10-21(20)27-14-22(25)28-29-30)18-7-11-23(31-2)24(13-18)32-3/h4-15H,1-3H3/t15-/m1/s1. The van der Waals surface area contributed by atoms with Crippen LogP contribution < -0.4 is 9.47 Å². The highest BCUT2D eigenvalue weighted by Crippen LogP contribution is 2.35. The predicted molar refractivity (Wildman–Crippen MR) is 122 cm³/mol. The van der Waals surface area contributed by atoms with Crippen LogP contribution in [0, 0.1) is 5.82 Å². The molecule has 0 aliphatic carbocycles. The smallest absolute Gasteiger partial charge is 0.161 e. The summed E-state index contributed by atoms with van der Waals surface area (Å²) in [5, 5.41) is 9.66. The van der Waals surface area contributed by atoms with Crippen LogP contribution in [-0.2, 0) is 0 Å². The number of hydrogen-bond donors (Lipinski definition) is 0. The number of aromatic nitrogens is 4. The van der Waals surface area contributed by atoms with Gasteiger partial charge >= 0.3 is 0 Å². The van der Waals surface area contributed by atoms with Gasteiger partial charge in [-0.1, -0.05) is 29.5 Å². The average Bonchev–Trinajstić information content (AvgIpc) is 3.28. The molecule has 0 unspecified atom stereocenters. The zero-order valence-corrected chi connectivity index (χ0v) is 17.9. The molecule has 32 heavy (non-hydrogen) atoms. The molecule has 5 rings (SSSR count). The molecule has 0 aliphatic heterocycles. The molecule has 0 radical (unpaired) electrons. The summed E-state index contributed by atoms with van der Waals surface area (Å²) in [6.45, 7) is 2.02. The van der Waals surface area contributed by atoms with Gasteiger partial charge < -0.3 is 9.47 Å². The SMILES string of the molecule is COc1ccc(-c2ccc3ncc4nnn([C@H](C)c5ccc(F)cc5)c4c3c2)cc1OC. The Morgan fingerprint density at radius 2 is 1.56 bits per heavy atom. The number of ether oxygens (including phenoxy) is 2. The lowest BCUT2D eigenvalue weighted by Crippen LogP contribution is -2.09. The van der Waals surface area contributed by atoms with Crippen molar-refractivity contribution in [2.45, 2.75) is 13.0 Å². The Morgan fingerprint density at radius 1 is 0.844 bits per heavy atom. The van der Waals surface area contributed by atoms with Crippen molar-refractivity contribution in [2.75, 3.05) is 14.2 Å². The van der Waals surface area contributed by atoms with Gasteiger partial charge in [0, 0.05) is 5.39 Å². The van der Waals surface area contributed by atoms with Gasteiger partial charge in [-0.2, -0.15) is 0 Å². The normalized spacial score (nSPS) is 12.2. The van der Waals surface area contributed by atoms with E-state index in [2.05, 4.69) is 21.4 Å². The monoisotopic (exact) mass is 428 g/mol. The van der Waals surface area contributed by atoms with Crippen LogP contribution in [0.3, 0.4) is 0 Å². The van der Waals surface area contributed by atoms with Gasteiger partial charge in [0.25, 0.3) is 0 Å². The van der Waals surface area contributed by atoms with Crippen LogP contribution in [0.15, 0.2) is 66.9 Å². The molecule has 0 aliphatic rings. The van der Waals surface area contributed by atoms with Crippen molar-refractivity contribution in [1.29, 1.82) is 0 Å². The summed E-state index contributed by atoms with van der Waals surface area (Å²) in [5.74, 6) is 1.08. The molecule has 1 atom stereocenters. The summed E-state index contributed by atoms with van der Waals surface area (Å²) < 4.78 is 26.1. The first kappa shape index (κ1) is 19.9. The van der Waals surface area contributed by atoms with E-state index in [1.807, 2.05) is 41.9 Å². The minimum absolute atomic E-state index is 0.129. The van der Waals surface area contributed by atoms with Crippen LogP contribution >= 0.6 is 0 Å². The molecule has 0 fully saturated rings. The number of benzene rings is 3. The number of pyridine rings is 1. The maximum absolute atomic E-state index is 13.4. The van der Waals surface area contributed by atoms with Crippen molar-refractivity contribution in [1.82, 2.24) is 20.0 Å². The summed E-state index contributed by atoms with van der Waals surface area (Å²) in [4.78, 5) is 4.55. The molecule has 2 aromatic heterocycles. The first-order valence-electron chi connectivity index (χ1n) is 10.2. The second kappa shape index (κ2) is 7.92. The van der Waals surface area contributed by atoms with Crippen molar-refractivity contribution < 1.29 is 13.9 Å². The lowest BCUT2D eigenvalue weighted by molar-refractivity contribution is 0.355. The number of rotatable bonds is 5. The third kappa shape index (κ3) is 3.32. The Hall–Kier alpha value is -4.00. The van der Waals surface area contributed by atoms with Gasteiger partial charge in [-0.05, 0) is 60.0 Å². The van der Waals surface area contributed by atoms with E-state index in [0.29, 0.717) is 17.0 Å². The van der Waals surface area contributed by atoms with E-state index in [0.717, 1.165) is 33.1 Å². The molecule has 5 aromatic rings. The van der Waals surface area contributed by atoms with E-state index < -0.39 is 0 Å². The zero-order chi connectivity index (χ0) is 22.2. The summed E-state index contributed by atoms with van der Waals surface area (Å²) in [6.07, 6.45) is 1.73. The fraction of sp³-hybridized carbons (Fsp3) is 0.160. The van der Waals surface area contributed by atoms with Crippen molar-refractivity contribution in [3.8, 4) is 22.6 Å². The second-order valence-corrected chi connectivity index (χ2v) is 7.56. The number of fused-ring (bicyclic) bond motifs is 3. The van der Waals surface area contributed by atoms with Crippen LogP contribution in [0.1, 0.15) is 18.5 Å².